The van der Waals surface area contributed by atoms with Gasteiger partial charge in [0.1, 0.15) is 11.6 Å². The zero-order chi connectivity index (χ0) is 12.5. The van der Waals surface area contributed by atoms with Gasteiger partial charge in [-0.2, -0.15) is 0 Å². The Morgan fingerprint density at radius 1 is 1.44 bits per heavy atom. The minimum absolute atomic E-state index is 0.215. The number of aromatic nitrogens is 2. The minimum Gasteiger partial charge on any atom is -0.396 e. The fourth-order valence-corrected chi connectivity index (χ4v) is 2.45. The molecule has 0 amide bonds. The van der Waals surface area contributed by atoms with E-state index in [0.29, 0.717) is 5.92 Å². The number of halogens is 1. The molecule has 1 atom stereocenters. The van der Waals surface area contributed by atoms with Gasteiger partial charge in [0, 0.05) is 37.3 Å². The highest BCUT2D eigenvalue weighted by molar-refractivity contribution is 5.58. The summed E-state index contributed by atoms with van der Waals surface area (Å²) < 4.78 is 15.3. The van der Waals surface area contributed by atoms with Crippen LogP contribution in [0, 0.1) is 11.7 Å². The maximum absolute atomic E-state index is 13.2. The predicted octanol–water partition coefficient (Wildman–Crippen LogP) is 2.24. The Morgan fingerprint density at radius 2 is 2.33 bits per heavy atom. The summed E-state index contributed by atoms with van der Waals surface area (Å²) >= 11 is 0. The zero-order valence-electron chi connectivity index (χ0n) is 10.0. The van der Waals surface area contributed by atoms with Crippen molar-refractivity contribution >= 4 is 0 Å². The Labute approximate surface area is 105 Å². The summed E-state index contributed by atoms with van der Waals surface area (Å²) in [7, 11) is 0. The highest BCUT2D eigenvalue weighted by Gasteiger charge is 2.20. The van der Waals surface area contributed by atoms with Gasteiger partial charge in [0.05, 0.1) is 5.69 Å². The molecule has 3 nitrogen and oxygen atoms in total. The first-order valence-corrected chi connectivity index (χ1v) is 6.19. The van der Waals surface area contributed by atoms with Crippen LogP contribution in [0.15, 0.2) is 30.5 Å². The average molecular weight is 246 g/mol. The molecule has 0 bridgehead atoms. The number of imidazole rings is 1. The summed E-state index contributed by atoms with van der Waals surface area (Å²) in [4.78, 5) is 4.55. The fourth-order valence-electron chi connectivity index (χ4n) is 2.45. The van der Waals surface area contributed by atoms with Crippen molar-refractivity contribution in [1.82, 2.24) is 9.55 Å². The van der Waals surface area contributed by atoms with Crippen molar-refractivity contribution in [2.45, 2.75) is 19.4 Å². The van der Waals surface area contributed by atoms with Gasteiger partial charge in [-0.05, 0) is 18.6 Å². The van der Waals surface area contributed by atoms with Crippen molar-refractivity contribution in [2.75, 3.05) is 6.61 Å². The summed E-state index contributed by atoms with van der Waals surface area (Å²) in [5.74, 6) is 1.10. The van der Waals surface area contributed by atoms with Gasteiger partial charge in [-0.15, -0.1) is 0 Å². The lowest BCUT2D eigenvalue weighted by Crippen LogP contribution is -2.22. The van der Waals surface area contributed by atoms with Gasteiger partial charge in [-0.3, -0.25) is 0 Å². The van der Waals surface area contributed by atoms with Crippen LogP contribution in [0.4, 0.5) is 4.39 Å². The molecule has 4 heteroatoms. The number of aryl methyl sites for hydroxylation is 1. The predicted molar refractivity (Wildman–Crippen MR) is 66.5 cm³/mol. The lowest BCUT2D eigenvalue weighted by molar-refractivity contribution is 0.190. The first-order valence-electron chi connectivity index (χ1n) is 6.19. The Kier molecular flexibility index (Phi) is 2.88. The molecule has 1 N–H and O–H groups in total. The van der Waals surface area contributed by atoms with Crippen LogP contribution in [-0.2, 0) is 13.0 Å². The Hall–Kier alpha value is -1.68. The van der Waals surface area contributed by atoms with Crippen LogP contribution in [0.1, 0.15) is 12.2 Å². The summed E-state index contributed by atoms with van der Waals surface area (Å²) in [5, 5.41) is 9.19. The molecule has 1 aliphatic rings. The number of aliphatic hydroxyl groups excluding tert-OH is 1. The van der Waals surface area contributed by atoms with Crippen molar-refractivity contribution in [3.8, 4) is 11.3 Å². The van der Waals surface area contributed by atoms with Crippen LogP contribution in [0.25, 0.3) is 11.3 Å². The maximum Gasteiger partial charge on any atom is 0.123 e. The number of fused-ring (bicyclic) bond motifs is 1. The van der Waals surface area contributed by atoms with Gasteiger partial charge < -0.3 is 9.67 Å². The third-order valence-electron chi connectivity index (χ3n) is 3.47. The molecular weight excluding hydrogens is 231 g/mol. The second-order valence-electron chi connectivity index (χ2n) is 4.79. The molecule has 18 heavy (non-hydrogen) atoms. The van der Waals surface area contributed by atoms with Gasteiger partial charge in [-0.25, -0.2) is 9.37 Å². The van der Waals surface area contributed by atoms with Gasteiger partial charge >= 0.3 is 0 Å². The summed E-state index contributed by atoms with van der Waals surface area (Å²) in [6.07, 6.45) is 3.79. The molecular formula is C14H15FN2O. The van der Waals surface area contributed by atoms with Crippen LogP contribution in [0.3, 0.4) is 0 Å². The summed E-state index contributed by atoms with van der Waals surface area (Å²) in [5.41, 5.74) is 1.61. The van der Waals surface area contributed by atoms with E-state index in [1.165, 1.54) is 12.1 Å². The molecule has 1 aliphatic heterocycles. The topological polar surface area (TPSA) is 38.1 Å². The Morgan fingerprint density at radius 3 is 3.11 bits per heavy atom. The third-order valence-corrected chi connectivity index (χ3v) is 3.47. The van der Waals surface area contributed by atoms with E-state index in [-0.39, 0.29) is 12.4 Å². The highest BCUT2D eigenvalue weighted by atomic mass is 19.1. The zero-order valence-corrected chi connectivity index (χ0v) is 10.0. The molecule has 1 aromatic heterocycles. The maximum atomic E-state index is 13.2. The highest BCUT2D eigenvalue weighted by Crippen LogP contribution is 2.25. The molecule has 0 saturated heterocycles. The monoisotopic (exact) mass is 246 g/mol. The molecule has 2 heterocycles. The van der Waals surface area contributed by atoms with Crippen molar-refractivity contribution in [3.05, 3.63) is 42.1 Å². The molecule has 1 unspecified atom stereocenters. The van der Waals surface area contributed by atoms with E-state index < -0.39 is 0 Å². The van der Waals surface area contributed by atoms with Crippen LogP contribution < -0.4 is 0 Å². The van der Waals surface area contributed by atoms with Gasteiger partial charge in [0.25, 0.3) is 0 Å². The standard InChI is InChI=1S/C14H15FN2O/c15-12-3-1-2-11(6-12)13-8-17-7-10(9-18)4-5-14(17)16-13/h1-3,6,8,10,18H,4-5,7,9H2. The first kappa shape index (κ1) is 11.4. The van der Waals surface area contributed by atoms with Crippen molar-refractivity contribution < 1.29 is 9.50 Å². The number of hydrogen-bond acceptors (Lipinski definition) is 2. The lowest BCUT2D eigenvalue weighted by atomic mass is 10.0. The van der Waals surface area contributed by atoms with E-state index in [4.69, 9.17) is 0 Å². The second kappa shape index (κ2) is 4.53. The van der Waals surface area contributed by atoms with Crippen LogP contribution in [0.2, 0.25) is 0 Å². The number of hydrogen-bond donors (Lipinski definition) is 1. The average Bonchev–Trinajstić information content (AvgIpc) is 2.81. The molecule has 0 saturated carbocycles. The van der Waals surface area contributed by atoms with Gasteiger partial charge in [-0.1, -0.05) is 12.1 Å². The number of benzene rings is 1. The Bertz CT molecular complexity index is 565. The molecule has 0 spiro atoms. The van der Waals surface area contributed by atoms with E-state index in [9.17, 15) is 9.50 Å². The first-order chi connectivity index (χ1) is 8.76. The molecule has 1 aromatic carbocycles. The third kappa shape index (κ3) is 2.04. The molecule has 94 valence electrons. The van der Waals surface area contributed by atoms with E-state index in [2.05, 4.69) is 9.55 Å². The second-order valence-corrected chi connectivity index (χ2v) is 4.79. The van der Waals surface area contributed by atoms with E-state index in [1.807, 2.05) is 12.3 Å². The van der Waals surface area contributed by atoms with Crippen LogP contribution in [0.5, 0.6) is 0 Å². The Balaban J connectivity index is 1.94. The summed E-state index contributed by atoms with van der Waals surface area (Å²) in [6.45, 7) is 1.01. The van der Waals surface area contributed by atoms with Crippen molar-refractivity contribution in [1.29, 1.82) is 0 Å². The SMILES string of the molecule is OCC1CCc2nc(-c3cccc(F)c3)cn2C1. The van der Waals surface area contributed by atoms with Crippen LogP contribution in [-0.4, -0.2) is 21.3 Å². The number of nitrogens with zero attached hydrogens (tertiary/aromatic N) is 2. The largest absolute Gasteiger partial charge is 0.396 e. The van der Waals surface area contributed by atoms with Gasteiger partial charge in [0.2, 0.25) is 0 Å². The summed E-state index contributed by atoms with van der Waals surface area (Å²) in [6, 6.07) is 6.49. The molecule has 0 aliphatic carbocycles. The van der Waals surface area contributed by atoms with E-state index >= 15 is 0 Å². The number of rotatable bonds is 2. The molecule has 3 rings (SSSR count). The normalized spacial score (nSPS) is 18.7. The van der Waals surface area contributed by atoms with E-state index in [1.54, 1.807) is 6.07 Å². The van der Waals surface area contributed by atoms with Crippen molar-refractivity contribution in [3.63, 3.8) is 0 Å². The van der Waals surface area contributed by atoms with Crippen molar-refractivity contribution in [2.24, 2.45) is 5.92 Å². The number of aliphatic hydroxyl groups is 1. The fraction of sp³-hybridized carbons (Fsp3) is 0.357. The lowest BCUT2D eigenvalue weighted by Gasteiger charge is -2.21. The smallest absolute Gasteiger partial charge is 0.123 e. The van der Waals surface area contributed by atoms with E-state index in [0.717, 1.165) is 36.5 Å². The molecule has 2 aromatic rings. The minimum atomic E-state index is -0.244. The molecule has 0 fully saturated rings. The quantitative estimate of drug-likeness (QED) is 0.882. The van der Waals surface area contributed by atoms with Gasteiger partial charge in [0.15, 0.2) is 0 Å². The van der Waals surface area contributed by atoms with Crippen LogP contribution >= 0.6 is 0 Å². The molecule has 0 radical (unpaired) electrons.